The first kappa shape index (κ1) is 21.4. The molecule has 8 heteroatoms. The number of para-hydroxylation sites is 2. The van der Waals surface area contributed by atoms with Crippen molar-refractivity contribution in [3.63, 3.8) is 0 Å². The van der Waals surface area contributed by atoms with E-state index in [9.17, 15) is 14.4 Å². The molecular formula is C24H24N2O6. The minimum Gasteiger partial charge on any atom is -0.493 e. The van der Waals surface area contributed by atoms with Crippen LogP contribution in [0.4, 0.5) is 4.79 Å². The minimum absolute atomic E-state index is 0.0466. The van der Waals surface area contributed by atoms with Gasteiger partial charge in [-0.15, -0.1) is 0 Å². The Balaban J connectivity index is 1.31. The lowest BCUT2D eigenvalue weighted by atomic mass is 9.97. The number of amides is 2. The fraction of sp³-hybridized carbons (Fsp3) is 0.292. The van der Waals surface area contributed by atoms with Crippen molar-refractivity contribution in [3.8, 4) is 11.5 Å². The number of carbonyl (C=O) groups excluding carboxylic acids is 2. The van der Waals surface area contributed by atoms with E-state index in [2.05, 4.69) is 5.32 Å². The molecule has 3 aromatic rings. The largest absolute Gasteiger partial charge is 0.493 e. The number of hydrogen-bond acceptors (Lipinski definition) is 6. The maximum Gasteiger partial charge on any atom is 0.415 e. The van der Waals surface area contributed by atoms with Crippen LogP contribution in [0.1, 0.15) is 23.2 Å². The van der Waals surface area contributed by atoms with Gasteiger partial charge in [-0.25, -0.2) is 9.59 Å². The third-order valence-corrected chi connectivity index (χ3v) is 5.56. The maximum absolute atomic E-state index is 12.6. The molecular weight excluding hydrogens is 412 g/mol. The van der Waals surface area contributed by atoms with Crippen molar-refractivity contribution in [3.05, 3.63) is 70.6 Å². The van der Waals surface area contributed by atoms with Gasteiger partial charge < -0.3 is 24.1 Å². The van der Waals surface area contributed by atoms with Crippen LogP contribution in [0, 0.1) is 5.92 Å². The first-order chi connectivity index (χ1) is 15.5. The van der Waals surface area contributed by atoms with Crippen molar-refractivity contribution in [1.29, 1.82) is 0 Å². The van der Waals surface area contributed by atoms with E-state index >= 15 is 0 Å². The topological polar surface area (TPSA) is 98.1 Å². The van der Waals surface area contributed by atoms with Crippen molar-refractivity contribution in [2.75, 3.05) is 26.7 Å². The van der Waals surface area contributed by atoms with E-state index in [-0.39, 0.29) is 17.6 Å². The second-order valence-electron chi connectivity index (χ2n) is 7.65. The Morgan fingerprint density at radius 1 is 1.09 bits per heavy atom. The van der Waals surface area contributed by atoms with E-state index in [1.165, 1.54) is 13.2 Å². The molecule has 32 heavy (non-hydrogen) atoms. The van der Waals surface area contributed by atoms with E-state index in [0.717, 1.165) is 12.8 Å². The maximum atomic E-state index is 12.6. The molecule has 0 unspecified atom stereocenters. The second kappa shape index (κ2) is 9.55. The van der Waals surface area contributed by atoms with Crippen LogP contribution >= 0.6 is 0 Å². The molecule has 166 valence electrons. The van der Waals surface area contributed by atoms with Gasteiger partial charge in [0.1, 0.15) is 11.3 Å². The molecule has 0 aliphatic carbocycles. The van der Waals surface area contributed by atoms with Gasteiger partial charge in [0.05, 0.1) is 7.11 Å². The summed E-state index contributed by atoms with van der Waals surface area (Å²) >= 11 is 0. The number of benzene rings is 2. The number of rotatable bonds is 5. The van der Waals surface area contributed by atoms with Crippen LogP contribution in [-0.4, -0.2) is 43.6 Å². The molecule has 1 aliphatic heterocycles. The fourth-order valence-electron chi connectivity index (χ4n) is 3.74. The first-order valence-electron chi connectivity index (χ1n) is 10.5. The molecule has 2 aromatic carbocycles. The van der Waals surface area contributed by atoms with Crippen molar-refractivity contribution < 1.29 is 23.5 Å². The van der Waals surface area contributed by atoms with Gasteiger partial charge >= 0.3 is 11.7 Å². The number of fused-ring (bicyclic) bond motifs is 1. The Kier molecular flexibility index (Phi) is 6.39. The Bertz CT molecular complexity index is 1170. The van der Waals surface area contributed by atoms with Gasteiger partial charge in [0.2, 0.25) is 0 Å². The SMILES string of the molecule is COc1cccc2cc(C(=O)NCC3CCN(C(=O)Oc4ccccc4)CC3)c(=O)oc12. The molecule has 2 amide bonds. The van der Waals surface area contributed by atoms with Crippen LogP contribution in [0.3, 0.4) is 0 Å². The summed E-state index contributed by atoms with van der Waals surface area (Å²) in [5.41, 5.74) is -0.445. The molecule has 0 radical (unpaired) electrons. The number of hydrogen-bond donors (Lipinski definition) is 1. The van der Waals surface area contributed by atoms with Crippen molar-refractivity contribution in [2.24, 2.45) is 5.92 Å². The number of ether oxygens (including phenoxy) is 2. The third-order valence-electron chi connectivity index (χ3n) is 5.56. The summed E-state index contributed by atoms with van der Waals surface area (Å²) in [6.07, 6.45) is 1.09. The van der Waals surface area contributed by atoms with Crippen LogP contribution in [0.5, 0.6) is 11.5 Å². The molecule has 1 aliphatic rings. The third kappa shape index (κ3) is 4.74. The monoisotopic (exact) mass is 436 g/mol. The molecule has 4 rings (SSSR count). The lowest BCUT2D eigenvalue weighted by Gasteiger charge is -2.31. The first-order valence-corrected chi connectivity index (χ1v) is 10.5. The summed E-state index contributed by atoms with van der Waals surface area (Å²) < 4.78 is 15.9. The zero-order chi connectivity index (χ0) is 22.5. The van der Waals surface area contributed by atoms with E-state index in [4.69, 9.17) is 13.9 Å². The van der Waals surface area contributed by atoms with Gasteiger partial charge in [0, 0.05) is 25.0 Å². The highest BCUT2D eigenvalue weighted by Crippen LogP contribution is 2.24. The van der Waals surface area contributed by atoms with Gasteiger partial charge in [-0.3, -0.25) is 4.79 Å². The van der Waals surface area contributed by atoms with Crippen LogP contribution in [0.2, 0.25) is 0 Å². The molecule has 1 saturated heterocycles. The molecule has 1 fully saturated rings. The Morgan fingerprint density at radius 3 is 2.56 bits per heavy atom. The second-order valence-corrected chi connectivity index (χ2v) is 7.65. The van der Waals surface area contributed by atoms with Crippen molar-refractivity contribution >= 4 is 23.0 Å². The molecule has 1 aromatic heterocycles. The zero-order valence-corrected chi connectivity index (χ0v) is 17.7. The summed E-state index contributed by atoms with van der Waals surface area (Å²) in [5, 5.41) is 3.43. The fourth-order valence-corrected chi connectivity index (χ4v) is 3.74. The van der Waals surface area contributed by atoms with Crippen molar-refractivity contribution in [2.45, 2.75) is 12.8 Å². The number of nitrogens with one attached hydrogen (secondary N) is 1. The number of piperidine rings is 1. The lowest BCUT2D eigenvalue weighted by molar-refractivity contribution is 0.0928. The van der Waals surface area contributed by atoms with Gasteiger partial charge in [0.15, 0.2) is 11.3 Å². The standard InChI is InChI=1S/C24H24N2O6/c1-30-20-9-5-6-17-14-19(23(28)32-21(17)20)22(27)25-15-16-10-12-26(13-11-16)24(29)31-18-7-3-2-4-8-18/h2-9,14,16H,10-13,15H2,1H3,(H,25,27). The highest BCUT2D eigenvalue weighted by atomic mass is 16.6. The van der Waals surface area contributed by atoms with Crippen LogP contribution in [0.15, 0.2) is 63.8 Å². The van der Waals surface area contributed by atoms with Gasteiger partial charge in [-0.2, -0.15) is 0 Å². The highest BCUT2D eigenvalue weighted by Gasteiger charge is 2.25. The molecule has 0 atom stereocenters. The Hall–Kier alpha value is -3.81. The molecule has 0 saturated carbocycles. The van der Waals surface area contributed by atoms with E-state index in [1.54, 1.807) is 35.2 Å². The number of methoxy groups -OCH3 is 1. The predicted molar refractivity (Wildman–Crippen MR) is 118 cm³/mol. The van der Waals surface area contributed by atoms with Gasteiger partial charge in [-0.05, 0) is 43.0 Å². The summed E-state index contributed by atoms with van der Waals surface area (Å²) in [5.74, 6) is 0.671. The molecule has 0 bridgehead atoms. The summed E-state index contributed by atoms with van der Waals surface area (Å²) in [6.45, 7) is 1.50. The van der Waals surface area contributed by atoms with E-state index < -0.39 is 11.5 Å². The van der Waals surface area contributed by atoms with Crippen LogP contribution < -0.4 is 20.4 Å². The Labute approximate surface area is 184 Å². The highest BCUT2D eigenvalue weighted by molar-refractivity contribution is 5.97. The average molecular weight is 436 g/mol. The lowest BCUT2D eigenvalue weighted by Crippen LogP contribution is -2.43. The van der Waals surface area contributed by atoms with E-state index in [1.807, 2.05) is 18.2 Å². The molecule has 2 heterocycles. The molecule has 1 N–H and O–H groups in total. The number of carbonyl (C=O) groups is 2. The zero-order valence-electron chi connectivity index (χ0n) is 17.7. The van der Waals surface area contributed by atoms with Crippen LogP contribution in [-0.2, 0) is 0 Å². The van der Waals surface area contributed by atoms with Gasteiger partial charge in [0.25, 0.3) is 5.91 Å². The summed E-state index contributed by atoms with van der Waals surface area (Å²) in [6, 6.07) is 15.7. The van der Waals surface area contributed by atoms with Crippen LogP contribution in [0.25, 0.3) is 11.0 Å². The smallest absolute Gasteiger partial charge is 0.415 e. The van der Waals surface area contributed by atoms with Gasteiger partial charge in [-0.1, -0.05) is 30.3 Å². The molecule has 0 spiro atoms. The quantitative estimate of drug-likeness (QED) is 0.616. The molecule has 8 nitrogen and oxygen atoms in total. The van der Waals surface area contributed by atoms with E-state index in [0.29, 0.717) is 42.1 Å². The normalized spacial score (nSPS) is 14.2. The Morgan fingerprint density at radius 2 is 1.84 bits per heavy atom. The summed E-state index contributed by atoms with van der Waals surface area (Å²) in [7, 11) is 1.49. The number of nitrogens with zero attached hydrogens (tertiary/aromatic N) is 1. The predicted octanol–water partition coefficient (Wildman–Crippen LogP) is 3.44. The number of likely N-dealkylation sites (tertiary alicyclic amines) is 1. The minimum atomic E-state index is -0.710. The van der Waals surface area contributed by atoms with Crippen molar-refractivity contribution in [1.82, 2.24) is 10.2 Å². The average Bonchev–Trinajstić information content (AvgIpc) is 2.82. The summed E-state index contributed by atoms with van der Waals surface area (Å²) in [4.78, 5) is 38.9.